The third-order valence-electron chi connectivity index (χ3n) is 7.14. The first-order valence-electron chi connectivity index (χ1n) is 11.7. The highest BCUT2D eigenvalue weighted by Crippen LogP contribution is 2.41. The molecular formula is C23H26F4N8OS. The number of nitrogens with one attached hydrogen (secondary N) is 1. The van der Waals surface area contributed by atoms with Gasteiger partial charge in [-0.15, -0.1) is 0 Å². The minimum atomic E-state index is -4.96. The van der Waals surface area contributed by atoms with Gasteiger partial charge in [0.05, 0.1) is 18.4 Å². The van der Waals surface area contributed by atoms with E-state index in [4.69, 9.17) is 11.5 Å². The van der Waals surface area contributed by atoms with E-state index in [9.17, 15) is 22.4 Å². The quantitative estimate of drug-likeness (QED) is 0.409. The van der Waals surface area contributed by atoms with Gasteiger partial charge in [-0.25, -0.2) is 19.3 Å². The molecule has 0 spiro atoms. The molecule has 2 fully saturated rings. The van der Waals surface area contributed by atoms with E-state index in [0.717, 1.165) is 18.9 Å². The lowest BCUT2D eigenvalue weighted by molar-refractivity contribution is -0.140. The third kappa shape index (κ3) is 4.67. The molecule has 0 bridgehead atoms. The van der Waals surface area contributed by atoms with Gasteiger partial charge in [-0.05, 0) is 37.7 Å². The molecule has 3 heterocycles. The summed E-state index contributed by atoms with van der Waals surface area (Å²) in [4.78, 5) is 26.6. The topological polar surface area (TPSA) is 128 Å². The highest BCUT2D eigenvalue weighted by atomic mass is 32.2. The van der Waals surface area contributed by atoms with Crippen LogP contribution >= 0.6 is 11.8 Å². The van der Waals surface area contributed by atoms with Crippen molar-refractivity contribution in [3.8, 4) is 0 Å². The van der Waals surface area contributed by atoms with E-state index < -0.39 is 23.1 Å². The number of nitrogen functional groups attached to an aromatic ring is 1. The van der Waals surface area contributed by atoms with E-state index in [-0.39, 0.29) is 66.2 Å². The van der Waals surface area contributed by atoms with E-state index in [2.05, 4.69) is 20.3 Å². The smallest absolute Gasteiger partial charge is 0.382 e. The highest BCUT2D eigenvalue weighted by molar-refractivity contribution is 7.99. The summed E-state index contributed by atoms with van der Waals surface area (Å²) in [6.45, 7) is -0.154. The predicted molar refractivity (Wildman–Crippen MR) is 132 cm³/mol. The van der Waals surface area contributed by atoms with Gasteiger partial charge in [0.25, 0.3) is 0 Å². The van der Waals surface area contributed by atoms with Gasteiger partial charge in [-0.2, -0.15) is 24.9 Å². The predicted octanol–water partition coefficient (Wildman–Crippen LogP) is 2.53. The van der Waals surface area contributed by atoms with Crippen molar-refractivity contribution in [1.82, 2.24) is 24.8 Å². The van der Waals surface area contributed by atoms with Gasteiger partial charge in [-0.1, -0.05) is 0 Å². The Morgan fingerprint density at radius 1 is 1.27 bits per heavy atom. The van der Waals surface area contributed by atoms with Crippen molar-refractivity contribution in [2.75, 3.05) is 30.0 Å². The molecule has 37 heavy (non-hydrogen) atoms. The van der Waals surface area contributed by atoms with Crippen LogP contribution in [0.3, 0.4) is 0 Å². The molecule has 1 aliphatic heterocycles. The monoisotopic (exact) mass is 538 g/mol. The Hall–Kier alpha value is -3.13. The van der Waals surface area contributed by atoms with Gasteiger partial charge < -0.3 is 26.3 Å². The van der Waals surface area contributed by atoms with Crippen LogP contribution in [0.2, 0.25) is 0 Å². The number of hydrogen-bond acceptors (Lipinski definition) is 8. The number of nitrogens with zero attached hydrogens (tertiary/aromatic N) is 5. The van der Waals surface area contributed by atoms with Crippen LogP contribution in [0.25, 0.3) is 11.2 Å². The van der Waals surface area contributed by atoms with Crippen LogP contribution in [0.1, 0.15) is 30.4 Å². The maximum Gasteiger partial charge on any atom is 0.419 e. The molecule has 2 aliphatic rings. The number of carbonyl (C=O) groups excluding carboxylic acids is 1. The van der Waals surface area contributed by atoms with Crippen LogP contribution in [0, 0.1) is 5.82 Å². The van der Waals surface area contributed by atoms with Crippen LogP contribution < -0.4 is 21.7 Å². The molecular weight excluding hydrogens is 512 g/mol. The second kappa shape index (κ2) is 9.31. The molecule has 5 rings (SSSR count). The van der Waals surface area contributed by atoms with Gasteiger partial charge in [0.2, 0.25) is 5.91 Å². The van der Waals surface area contributed by atoms with Crippen LogP contribution in [0.4, 0.5) is 29.1 Å². The third-order valence-corrected chi connectivity index (χ3v) is 8.19. The number of amides is 1. The summed E-state index contributed by atoms with van der Waals surface area (Å²) in [5.74, 6) is -1.64. The standard InChI is InChI=1S/C23H26F4N8OS/c1-37-13-6-12(7-13)33-21(36)22(29)4-5-34(9-22)16-3-2-15(24)17(23(25,26)27)14(16)8-35-11-32-18-19(28)30-10-31-20(18)35/h2-3,10-13H,4-9,29H2,1H3,(H,33,36)(H2,28,30,31)/t12?,13?,22-/m1/s1. The van der Waals surface area contributed by atoms with Crippen LogP contribution in [-0.2, 0) is 17.5 Å². The number of thioether (sulfide) groups is 1. The number of benzene rings is 1. The number of aromatic nitrogens is 4. The van der Waals surface area contributed by atoms with Crippen molar-refractivity contribution in [3.63, 3.8) is 0 Å². The number of nitrogens with two attached hydrogens (primary N) is 2. The molecule has 1 amide bonds. The lowest BCUT2D eigenvalue weighted by Gasteiger charge is -2.37. The van der Waals surface area contributed by atoms with Crippen LogP contribution in [0.15, 0.2) is 24.8 Å². The van der Waals surface area contributed by atoms with Crippen molar-refractivity contribution >= 4 is 40.3 Å². The number of imidazole rings is 1. The maximum atomic E-state index is 14.7. The Morgan fingerprint density at radius 2 is 2.03 bits per heavy atom. The van der Waals surface area contributed by atoms with Gasteiger partial charge in [-0.3, -0.25) is 4.79 Å². The molecule has 1 saturated carbocycles. The minimum Gasteiger partial charge on any atom is -0.382 e. The summed E-state index contributed by atoms with van der Waals surface area (Å²) < 4.78 is 58.3. The first kappa shape index (κ1) is 25.5. The number of hydrogen-bond donors (Lipinski definition) is 3. The average Bonchev–Trinajstić information content (AvgIpc) is 3.40. The van der Waals surface area contributed by atoms with Crippen molar-refractivity contribution in [2.45, 2.75) is 48.8 Å². The lowest BCUT2D eigenvalue weighted by Crippen LogP contribution is -2.59. The number of alkyl halides is 3. The second-order valence-electron chi connectivity index (χ2n) is 9.55. The Labute approximate surface area is 214 Å². The summed E-state index contributed by atoms with van der Waals surface area (Å²) in [6.07, 6.45) is 1.48. The molecule has 198 valence electrons. The molecule has 0 unspecified atom stereocenters. The fraction of sp³-hybridized carbons (Fsp3) is 0.478. The molecule has 3 aromatic rings. The number of rotatable bonds is 6. The first-order valence-corrected chi connectivity index (χ1v) is 13.0. The van der Waals surface area contributed by atoms with E-state index in [1.54, 1.807) is 16.7 Å². The Balaban J connectivity index is 1.47. The number of halogens is 4. The average molecular weight is 539 g/mol. The van der Waals surface area contributed by atoms with Crippen LogP contribution in [-0.4, -0.2) is 61.6 Å². The van der Waals surface area contributed by atoms with Crippen LogP contribution in [0.5, 0.6) is 0 Å². The molecule has 1 saturated heterocycles. The molecule has 14 heteroatoms. The zero-order valence-electron chi connectivity index (χ0n) is 19.9. The van der Waals surface area contributed by atoms with E-state index in [1.807, 2.05) is 6.26 Å². The zero-order chi connectivity index (χ0) is 26.5. The Kier molecular flexibility index (Phi) is 6.42. The summed E-state index contributed by atoms with van der Waals surface area (Å²) in [7, 11) is 0. The zero-order valence-corrected chi connectivity index (χ0v) is 20.7. The van der Waals surface area contributed by atoms with Crippen molar-refractivity contribution in [2.24, 2.45) is 5.73 Å². The van der Waals surface area contributed by atoms with E-state index in [0.29, 0.717) is 5.25 Å². The SMILES string of the molecule is CSC1CC(NC(=O)[C@@]2(N)CCN(c3ccc(F)c(C(F)(F)F)c3Cn3cnc4c(N)ncnc43)C2)C1. The van der Waals surface area contributed by atoms with Crippen molar-refractivity contribution in [1.29, 1.82) is 0 Å². The fourth-order valence-electron chi connectivity index (χ4n) is 4.99. The van der Waals surface area contributed by atoms with Gasteiger partial charge in [0.1, 0.15) is 23.2 Å². The second-order valence-corrected chi connectivity index (χ2v) is 10.7. The maximum absolute atomic E-state index is 14.7. The normalized spacial score (nSPS) is 23.9. The molecule has 0 radical (unpaired) electrons. The molecule has 9 nitrogen and oxygen atoms in total. The summed E-state index contributed by atoms with van der Waals surface area (Å²) in [5.41, 5.74) is 9.88. The summed E-state index contributed by atoms with van der Waals surface area (Å²) in [5, 5.41) is 3.48. The van der Waals surface area contributed by atoms with Gasteiger partial charge in [0, 0.05) is 35.6 Å². The highest BCUT2D eigenvalue weighted by Gasteiger charge is 2.45. The van der Waals surface area contributed by atoms with E-state index in [1.165, 1.54) is 23.3 Å². The molecule has 1 aromatic carbocycles. The number of fused-ring (bicyclic) bond motifs is 1. The molecule has 1 atom stereocenters. The van der Waals surface area contributed by atoms with E-state index >= 15 is 0 Å². The van der Waals surface area contributed by atoms with Crippen molar-refractivity contribution < 1.29 is 22.4 Å². The van der Waals surface area contributed by atoms with Gasteiger partial charge in [0.15, 0.2) is 11.5 Å². The molecule has 1 aliphatic carbocycles. The first-order chi connectivity index (χ1) is 17.5. The van der Waals surface area contributed by atoms with Crippen molar-refractivity contribution in [3.05, 3.63) is 41.7 Å². The summed E-state index contributed by atoms with van der Waals surface area (Å²) >= 11 is 1.75. The largest absolute Gasteiger partial charge is 0.419 e. The van der Waals surface area contributed by atoms with Gasteiger partial charge >= 0.3 is 6.18 Å². The lowest BCUT2D eigenvalue weighted by atomic mass is 9.90. The summed E-state index contributed by atoms with van der Waals surface area (Å²) in [6, 6.07) is 2.13. The minimum absolute atomic E-state index is 0.00671. The Morgan fingerprint density at radius 3 is 2.73 bits per heavy atom. The number of anilines is 2. The number of carbonyl (C=O) groups is 1. The Bertz CT molecular complexity index is 1340. The molecule has 2 aromatic heterocycles. The fourth-order valence-corrected chi connectivity index (χ4v) is 5.83. The molecule has 5 N–H and O–H groups in total.